The molecule has 0 radical (unpaired) electrons. The van der Waals surface area contributed by atoms with Crippen molar-refractivity contribution < 1.29 is 9.90 Å². The minimum atomic E-state index is -0.536. The third-order valence-corrected chi connectivity index (χ3v) is 4.53. The van der Waals surface area contributed by atoms with Crippen molar-refractivity contribution in [1.29, 1.82) is 0 Å². The molecule has 5 heteroatoms. The van der Waals surface area contributed by atoms with Crippen LogP contribution in [0, 0.1) is 5.92 Å². The van der Waals surface area contributed by atoms with Crippen LogP contribution in [0.3, 0.4) is 0 Å². The molecule has 1 saturated heterocycles. The lowest BCUT2D eigenvalue weighted by Crippen LogP contribution is -2.42. The molecular formula is C15H21N3O2. The van der Waals surface area contributed by atoms with Crippen molar-refractivity contribution in [3.63, 3.8) is 0 Å². The van der Waals surface area contributed by atoms with Crippen LogP contribution in [0.1, 0.15) is 24.9 Å². The minimum Gasteiger partial charge on any atom is -0.393 e. The maximum atomic E-state index is 11.9. The predicted molar refractivity (Wildman–Crippen MR) is 78.8 cm³/mol. The highest BCUT2D eigenvalue weighted by molar-refractivity contribution is 6.04. The van der Waals surface area contributed by atoms with Crippen LogP contribution in [0.25, 0.3) is 0 Å². The first kappa shape index (κ1) is 13.4. The maximum absolute atomic E-state index is 11.9. The normalized spacial score (nSPS) is 29.8. The minimum absolute atomic E-state index is 0.0559. The number of anilines is 2. The summed E-state index contributed by atoms with van der Waals surface area (Å²) in [5.74, 6) is 0.207. The number of amides is 1. The number of hydrogen-bond donors (Lipinski definition) is 2. The zero-order valence-electron chi connectivity index (χ0n) is 11.9. The first-order valence-electron chi connectivity index (χ1n) is 7.09. The standard InChI is InChI=1S/C15H21N3O2/c1-9-8-18(6-5-13(9)19)10-3-4-11-12(7-10)17(2)15(20)14(11)16/h3-4,7,9,13-14,19H,5-6,8,16H2,1-2H3. The zero-order chi connectivity index (χ0) is 14.4. The summed E-state index contributed by atoms with van der Waals surface area (Å²) in [6, 6.07) is 5.47. The van der Waals surface area contributed by atoms with Gasteiger partial charge in [-0.15, -0.1) is 0 Å². The Bertz CT molecular complexity index is 546. The SMILES string of the molecule is CC1CN(c2ccc3c(c2)N(C)C(=O)C3N)CCC1O. The number of piperidine rings is 1. The number of benzene rings is 1. The molecule has 3 rings (SSSR count). The molecule has 2 aliphatic rings. The van der Waals surface area contributed by atoms with Crippen LogP contribution in [0.4, 0.5) is 11.4 Å². The van der Waals surface area contributed by atoms with Crippen LogP contribution >= 0.6 is 0 Å². The number of likely N-dealkylation sites (N-methyl/N-ethyl adjacent to an activating group) is 1. The molecule has 3 unspecified atom stereocenters. The van der Waals surface area contributed by atoms with Gasteiger partial charge >= 0.3 is 0 Å². The maximum Gasteiger partial charge on any atom is 0.248 e. The van der Waals surface area contributed by atoms with Crippen LogP contribution in [0.15, 0.2) is 18.2 Å². The highest BCUT2D eigenvalue weighted by atomic mass is 16.3. The summed E-state index contributed by atoms with van der Waals surface area (Å²) < 4.78 is 0. The van der Waals surface area contributed by atoms with Crippen LogP contribution in [-0.2, 0) is 4.79 Å². The molecule has 0 aliphatic carbocycles. The van der Waals surface area contributed by atoms with E-state index in [1.54, 1.807) is 11.9 Å². The molecule has 1 aromatic carbocycles. The van der Waals surface area contributed by atoms with Crippen molar-refractivity contribution in [2.75, 3.05) is 29.9 Å². The van der Waals surface area contributed by atoms with Crippen LogP contribution < -0.4 is 15.5 Å². The van der Waals surface area contributed by atoms with E-state index in [0.717, 1.165) is 36.4 Å². The summed E-state index contributed by atoms with van der Waals surface area (Å²) in [5.41, 5.74) is 8.80. The Labute approximate surface area is 119 Å². The Balaban J connectivity index is 1.89. The van der Waals surface area contributed by atoms with Crippen molar-refractivity contribution in [2.45, 2.75) is 25.5 Å². The fourth-order valence-electron chi connectivity index (χ4n) is 3.11. The van der Waals surface area contributed by atoms with E-state index in [2.05, 4.69) is 11.8 Å². The van der Waals surface area contributed by atoms with E-state index in [9.17, 15) is 9.90 Å². The van der Waals surface area contributed by atoms with Gasteiger partial charge in [0, 0.05) is 31.4 Å². The average molecular weight is 275 g/mol. The van der Waals surface area contributed by atoms with Crippen molar-refractivity contribution in [3.05, 3.63) is 23.8 Å². The van der Waals surface area contributed by atoms with Gasteiger partial charge in [0.2, 0.25) is 5.91 Å². The number of hydrogen-bond acceptors (Lipinski definition) is 4. The number of fused-ring (bicyclic) bond motifs is 1. The van der Waals surface area contributed by atoms with Gasteiger partial charge in [-0.2, -0.15) is 0 Å². The van der Waals surface area contributed by atoms with Gasteiger partial charge in [-0.1, -0.05) is 13.0 Å². The Morgan fingerprint density at radius 3 is 2.85 bits per heavy atom. The first-order valence-corrected chi connectivity index (χ1v) is 7.09. The van der Waals surface area contributed by atoms with Crippen molar-refractivity contribution in [3.8, 4) is 0 Å². The summed E-state index contributed by atoms with van der Waals surface area (Å²) in [4.78, 5) is 15.8. The highest BCUT2D eigenvalue weighted by Gasteiger charge is 2.33. The molecule has 2 heterocycles. The number of aliphatic hydroxyl groups is 1. The summed E-state index contributed by atoms with van der Waals surface area (Å²) in [5, 5.41) is 9.81. The van der Waals surface area contributed by atoms with E-state index in [4.69, 9.17) is 5.73 Å². The fourth-order valence-corrected chi connectivity index (χ4v) is 3.11. The second kappa shape index (κ2) is 4.75. The number of nitrogens with two attached hydrogens (primary N) is 1. The topological polar surface area (TPSA) is 69.8 Å². The summed E-state index contributed by atoms with van der Waals surface area (Å²) in [6.45, 7) is 3.74. The van der Waals surface area contributed by atoms with E-state index in [-0.39, 0.29) is 17.9 Å². The van der Waals surface area contributed by atoms with E-state index >= 15 is 0 Å². The number of carbonyl (C=O) groups is 1. The summed E-state index contributed by atoms with van der Waals surface area (Å²) in [6.07, 6.45) is 0.574. The predicted octanol–water partition coefficient (Wildman–Crippen LogP) is 0.870. The number of rotatable bonds is 1. The second-order valence-corrected chi connectivity index (χ2v) is 5.90. The average Bonchev–Trinajstić information content (AvgIpc) is 2.66. The molecule has 0 spiro atoms. The van der Waals surface area contributed by atoms with Crippen molar-refractivity contribution >= 4 is 17.3 Å². The molecule has 3 N–H and O–H groups in total. The molecule has 3 atom stereocenters. The molecule has 0 aromatic heterocycles. The molecule has 5 nitrogen and oxygen atoms in total. The van der Waals surface area contributed by atoms with Crippen LogP contribution in [-0.4, -0.2) is 37.3 Å². The Hall–Kier alpha value is -1.59. The molecule has 2 aliphatic heterocycles. The quantitative estimate of drug-likeness (QED) is 0.798. The number of carbonyl (C=O) groups excluding carboxylic acids is 1. The second-order valence-electron chi connectivity index (χ2n) is 5.90. The lowest BCUT2D eigenvalue weighted by molar-refractivity contribution is -0.118. The van der Waals surface area contributed by atoms with Crippen molar-refractivity contribution in [2.24, 2.45) is 11.7 Å². The van der Waals surface area contributed by atoms with Gasteiger partial charge in [-0.25, -0.2) is 0 Å². The van der Waals surface area contributed by atoms with Gasteiger partial charge in [-0.3, -0.25) is 4.79 Å². The smallest absolute Gasteiger partial charge is 0.248 e. The van der Waals surface area contributed by atoms with Gasteiger partial charge in [-0.05, 0) is 24.5 Å². The van der Waals surface area contributed by atoms with Crippen LogP contribution in [0.5, 0.6) is 0 Å². The molecular weight excluding hydrogens is 254 g/mol. The van der Waals surface area contributed by atoms with Gasteiger partial charge in [0.05, 0.1) is 11.8 Å². The molecule has 0 bridgehead atoms. The third-order valence-electron chi connectivity index (χ3n) is 4.53. The number of aliphatic hydroxyl groups excluding tert-OH is 1. The van der Waals surface area contributed by atoms with Gasteiger partial charge < -0.3 is 20.6 Å². The fraction of sp³-hybridized carbons (Fsp3) is 0.533. The van der Waals surface area contributed by atoms with E-state index in [1.807, 2.05) is 18.2 Å². The van der Waals surface area contributed by atoms with Gasteiger partial charge in [0.25, 0.3) is 0 Å². The molecule has 20 heavy (non-hydrogen) atoms. The Kier molecular flexibility index (Phi) is 3.18. The number of nitrogens with zero attached hydrogens (tertiary/aromatic N) is 2. The summed E-state index contributed by atoms with van der Waals surface area (Å²) >= 11 is 0. The molecule has 0 saturated carbocycles. The lowest BCUT2D eigenvalue weighted by Gasteiger charge is -2.36. The molecule has 108 valence electrons. The third kappa shape index (κ3) is 1.98. The Morgan fingerprint density at radius 1 is 1.40 bits per heavy atom. The first-order chi connectivity index (χ1) is 9.49. The highest BCUT2D eigenvalue weighted by Crippen LogP contribution is 2.37. The van der Waals surface area contributed by atoms with Gasteiger partial charge in [0.15, 0.2) is 0 Å². The van der Waals surface area contributed by atoms with Crippen molar-refractivity contribution in [1.82, 2.24) is 0 Å². The van der Waals surface area contributed by atoms with Crippen LogP contribution in [0.2, 0.25) is 0 Å². The molecule has 1 fully saturated rings. The van der Waals surface area contributed by atoms with E-state index in [0.29, 0.717) is 0 Å². The van der Waals surface area contributed by atoms with Gasteiger partial charge in [0.1, 0.15) is 6.04 Å². The largest absolute Gasteiger partial charge is 0.393 e. The Morgan fingerprint density at radius 2 is 2.15 bits per heavy atom. The molecule has 1 aromatic rings. The monoisotopic (exact) mass is 275 g/mol. The molecule has 1 amide bonds. The van der Waals surface area contributed by atoms with E-state index < -0.39 is 6.04 Å². The summed E-state index contributed by atoms with van der Waals surface area (Å²) in [7, 11) is 1.76. The lowest BCUT2D eigenvalue weighted by atomic mass is 9.96. The zero-order valence-corrected chi connectivity index (χ0v) is 11.9. The van der Waals surface area contributed by atoms with E-state index in [1.165, 1.54) is 0 Å².